The van der Waals surface area contributed by atoms with Gasteiger partial charge in [-0.25, -0.2) is 4.79 Å². The molecule has 0 heterocycles. The highest BCUT2D eigenvalue weighted by molar-refractivity contribution is 7.54. The van der Waals surface area contributed by atoms with E-state index >= 15 is 0 Å². The molecule has 0 spiro atoms. The molecule has 106 valence electrons. The number of hydrogen-bond acceptors (Lipinski definition) is 4. The fourth-order valence-corrected chi connectivity index (χ4v) is 2.00. The van der Waals surface area contributed by atoms with E-state index in [0.717, 1.165) is 12.7 Å². The Bertz CT molecular complexity index is 474. The number of hydrogen-bond donors (Lipinski definition) is 2. The second kappa shape index (κ2) is 6.19. The first-order valence-corrected chi connectivity index (χ1v) is 7.24. The zero-order valence-electron chi connectivity index (χ0n) is 11.1. The van der Waals surface area contributed by atoms with Crippen LogP contribution in [-0.4, -0.2) is 23.4 Å². The van der Waals surface area contributed by atoms with Gasteiger partial charge < -0.3 is 19.5 Å². The summed E-state index contributed by atoms with van der Waals surface area (Å²) in [5, 5.41) is 0.897. The number of rotatable bonds is 5. The van der Waals surface area contributed by atoms with Crippen LogP contribution in [0, 0.1) is 0 Å². The molecule has 2 N–H and O–H groups in total. The normalized spacial score (nSPS) is 14.5. The molecule has 0 saturated heterocycles. The summed E-state index contributed by atoms with van der Waals surface area (Å²) in [4.78, 5) is 21.1. The van der Waals surface area contributed by atoms with Gasteiger partial charge in [0.2, 0.25) is 0 Å². The quantitative estimate of drug-likeness (QED) is 0.813. The summed E-state index contributed by atoms with van der Waals surface area (Å²) in [6.07, 6.45) is -0.778. The Hall–Kier alpha value is -1.36. The minimum atomic E-state index is -3.94. The molecule has 1 aromatic rings. The first kappa shape index (κ1) is 15.7. The third-order valence-corrected chi connectivity index (χ3v) is 4.59. The largest absolute Gasteiger partial charge is 0.445 e. The summed E-state index contributed by atoms with van der Waals surface area (Å²) in [7, 11) is -2.83. The van der Waals surface area contributed by atoms with Gasteiger partial charge in [0.15, 0.2) is 0 Å². The van der Waals surface area contributed by atoms with E-state index in [2.05, 4.69) is 9.84 Å². The van der Waals surface area contributed by atoms with Crippen LogP contribution >= 0.6 is 7.60 Å². The Labute approximate surface area is 112 Å². The predicted octanol–water partition coefficient (Wildman–Crippen LogP) is 2.48. The topological polar surface area (TPSA) is 84.9 Å². The molecule has 0 aliphatic heterocycles. The number of amides is 1. The number of carbonyl (C=O) groups excluding carboxylic acids is 1. The van der Waals surface area contributed by atoms with Crippen molar-refractivity contribution >= 4 is 13.7 Å². The van der Waals surface area contributed by atoms with Gasteiger partial charge in [-0.3, -0.25) is 4.57 Å². The van der Waals surface area contributed by atoms with E-state index in [0.29, 0.717) is 0 Å². The molecule has 19 heavy (non-hydrogen) atoms. The molecule has 0 aliphatic rings. The third-order valence-electron chi connectivity index (χ3n) is 2.57. The van der Waals surface area contributed by atoms with Crippen molar-refractivity contribution in [2.45, 2.75) is 25.7 Å². The maximum Gasteiger partial charge on any atom is 0.408 e. The number of ether oxygens (including phenoxy) is 1. The lowest BCUT2D eigenvalue weighted by atomic mass is 10.2. The van der Waals surface area contributed by atoms with Crippen LogP contribution in [-0.2, 0) is 20.4 Å². The van der Waals surface area contributed by atoms with Crippen molar-refractivity contribution in [1.29, 1.82) is 0 Å². The van der Waals surface area contributed by atoms with E-state index < -0.39 is 19.0 Å². The second-order valence-electron chi connectivity index (χ2n) is 4.45. The Kier molecular flexibility index (Phi) is 5.11. The van der Waals surface area contributed by atoms with Gasteiger partial charge in [0.1, 0.15) is 11.9 Å². The highest BCUT2D eigenvalue weighted by atomic mass is 31.2. The summed E-state index contributed by atoms with van der Waals surface area (Å²) in [5.41, 5.74) is 0.828. The summed E-state index contributed by atoms with van der Waals surface area (Å²) in [6.45, 7) is 2.87. The lowest BCUT2D eigenvalue weighted by Gasteiger charge is -2.28. The molecule has 0 bridgehead atoms. The number of carbonyl (C=O) groups is 1. The van der Waals surface area contributed by atoms with Crippen molar-refractivity contribution in [1.82, 2.24) is 5.32 Å². The van der Waals surface area contributed by atoms with E-state index in [1.807, 2.05) is 30.3 Å². The Balaban J connectivity index is 2.54. The van der Waals surface area contributed by atoms with Crippen LogP contribution < -0.4 is 5.32 Å². The van der Waals surface area contributed by atoms with Crippen LogP contribution in [0.2, 0.25) is 0 Å². The molecule has 7 heteroatoms. The average Bonchev–Trinajstić information content (AvgIpc) is 2.37. The van der Waals surface area contributed by atoms with Crippen molar-refractivity contribution < 1.29 is 23.5 Å². The van der Waals surface area contributed by atoms with Gasteiger partial charge >= 0.3 is 13.7 Å². The van der Waals surface area contributed by atoms with Crippen LogP contribution in [0.25, 0.3) is 0 Å². The minimum absolute atomic E-state index is 0.0888. The predicted molar refractivity (Wildman–Crippen MR) is 70.7 cm³/mol. The molecule has 1 unspecified atom stereocenters. The first-order chi connectivity index (χ1) is 8.78. The van der Waals surface area contributed by atoms with Crippen molar-refractivity contribution in [3.05, 3.63) is 35.9 Å². The van der Waals surface area contributed by atoms with E-state index in [1.54, 1.807) is 0 Å². The van der Waals surface area contributed by atoms with E-state index in [4.69, 9.17) is 4.74 Å². The third kappa shape index (κ3) is 4.35. The Morgan fingerprint density at radius 1 is 1.37 bits per heavy atom. The van der Waals surface area contributed by atoms with Crippen LogP contribution in [0.15, 0.2) is 30.3 Å². The van der Waals surface area contributed by atoms with Crippen molar-refractivity contribution in [2.75, 3.05) is 7.11 Å². The summed E-state index contributed by atoms with van der Waals surface area (Å²) in [5.74, 6) is 0. The van der Waals surface area contributed by atoms with E-state index in [-0.39, 0.29) is 6.61 Å². The number of nitrogens with one attached hydrogen (secondary N) is 1. The minimum Gasteiger partial charge on any atom is -0.445 e. The van der Waals surface area contributed by atoms with Gasteiger partial charge in [0, 0.05) is 7.11 Å². The Morgan fingerprint density at radius 3 is 2.47 bits per heavy atom. The maximum absolute atomic E-state index is 11.7. The monoisotopic (exact) mass is 287 g/mol. The first-order valence-electron chi connectivity index (χ1n) is 5.66. The summed E-state index contributed by atoms with van der Waals surface area (Å²) < 4.78 is 21.1. The van der Waals surface area contributed by atoms with Crippen LogP contribution in [0.5, 0.6) is 0 Å². The molecule has 6 nitrogen and oxygen atoms in total. The fourth-order valence-electron chi connectivity index (χ4n) is 1.31. The molecule has 0 aromatic heterocycles. The molecule has 1 aromatic carbocycles. The molecule has 1 amide bonds. The average molecular weight is 287 g/mol. The van der Waals surface area contributed by atoms with Crippen LogP contribution in [0.4, 0.5) is 4.79 Å². The molecule has 0 aliphatic carbocycles. The highest BCUT2D eigenvalue weighted by Gasteiger charge is 2.41. The van der Waals surface area contributed by atoms with Gasteiger partial charge in [-0.05, 0) is 19.4 Å². The number of alkyl carbamates (subject to hydrolysis) is 1. The van der Waals surface area contributed by atoms with Crippen LogP contribution in [0.3, 0.4) is 0 Å². The highest BCUT2D eigenvalue weighted by Crippen LogP contribution is 2.52. The standard InChI is InChI=1S/C12H18NO5P/c1-12(2,19(15,16)17-3)13-11(14)18-9-10-7-5-4-6-8-10/h4-8H,9H2,1-3H3,(H,13,14)(H,15,16). The molecule has 0 saturated carbocycles. The summed E-state index contributed by atoms with van der Waals surface area (Å²) >= 11 is 0. The molecule has 0 fully saturated rings. The van der Waals surface area contributed by atoms with Gasteiger partial charge in [-0.2, -0.15) is 0 Å². The van der Waals surface area contributed by atoms with Gasteiger partial charge in [-0.15, -0.1) is 0 Å². The van der Waals surface area contributed by atoms with Crippen molar-refractivity contribution in [3.8, 4) is 0 Å². The van der Waals surface area contributed by atoms with E-state index in [9.17, 15) is 14.3 Å². The van der Waals surface area contributed by atoms with Gasteiger partial charge in [-0.1, -0.05) is 30.3 Å². The van der Waals surface area contributed by atoms with E-state index in [1.165, 1.54) is 13.8 Å². The molecule has 0 radical (unpaired) electrons. The molecular weight excluding hydrogens is 269 g/mol. The maximum atomic E-state index is 11.7. The lowest BCUT2D eigenvalue weighted by molar-refractivity contribution is 0.132. The van der Waals surface area contributed by atoms with Gasteiger partial charge in [0.25, 0.3) is 0 Å². The second-order valence-corrected chi connectivity index (χ2v) is 6.97. The molecule has 1 atom stereocenters. The Morgan fingerprint density at radius 2 is 1.95 bits per heavy atom. The lowest BCUT2D eigenvalue weighted by Crippen LogP contribution is -2.43. The molecular formula is C12H18NO5P. The molecule has 1 rings (SSSR count). The smallest absolute Gasteiger partial charge is 0.408 e. The van der Waals surface area contributed by atoms with Crippen LogP contribution in [0.1, 0.15) is 19.4 Å². The van der Waals surface area contributed by atoms with Crippen molar-refractivity contribution in [2.24, 2.45) is 0 Å². The zero-order valence-corrected chi connectivity index (χ0v) is 12.0. The number of benzene rings is 1. The fraction of sp³-hybridized carbons (Fsp3) is 0.417. The van der Waals surface area contributed by atoms with Crippen molar-refractivity contribution in [3.63, 3.8) is 0 Å². The summed E-state index contributed by atoms with van der Waals surface area (Å²) in [6, 6.07) is 9.13. The zero-order chi connectivity index (χ0) is 14.5. The SMILES string of the molecule is COP(=O)(O)C(C)(C)NC(=O)OCc1ccccc1. The van der Waals surface area contributed by atoms with Gasteiger partial charge in [0.05, 0.1) is 0 Å².